The molecule has 1 N–H and O–H groups in total. The highest BCUT2D eigenvalue weighted by atomic mass is 32.1. The van der Waals surface area contributed by atoms with E-state index in [1.807, 2.05) is 0 Å². The molecule has 1 aliphatic carbocycles. The molecule has 0 atom stereocenters. The van der Waals surface area contributed by atoms with Gasteiger partial charge in [-0.3, -0.25) is 0 Å². The predicted octanol–water partition coefficient (Wildman–Crippen LogP) is 4.67. The molecule has 3 aromatic rings. The Morgan fingerprint density at radius 1 is 1.24 bits per heavy atom. The van der Waals surface area contributed by atoms with Gasteiger partial charge in [0.15, 0.2) is 5.82 Å². The van der Waals surface area contributed by atoms with Crippen molar-refractivity contribution in [2.45, 2.75) is 25.7 Å². The third-order valence-electron chi connectivity index (χ3n) is 3.82. The Labute approximate surface area is 128 Å². The van der Waals surface area contributed by atoms with Crippen LogP contribution in [0.4, 0.5) is 5.82 Å². The highest BCUT2D eigenvalue weighted by Crippen LogP contribution is 2.41. The molecule has 1 fully saturated rings. The number of nitrogens with zero attached hydrogens (tertiary/aromatic N) is 2. The van der Waals surface area contributed by atoms with Crippen LogP contribution in [-0.2, 0) is 0 Å². The third kappa shape index (κ3) is 2.40. The molecule has 0 aliphatic heterocycles. The molecule has 0 bridgehead atoms. The van der Waals surface area contributed by atoms with Crippen LogP contribution >= 0.6 is 11.3 Å². The van der Waals surface area contributed by atoms with Crippen molar-refractivity contribution in [2.24, 2.45) is 0 Å². The lowest BCUT2D eigenvalue weighted by atomic mass is 10.1. The highest BCUT2D eigenvalue weighted by Gasteiger charge is 2.26. The third-order valence-corrected chi connectivity index (χ3v) is 4.78. The molecular formula is C17H17N3S. The van der Waals surface area contributed by atoms with E-state index < -0.39 is 0 Å². The molecule has 0 saturated heterocycles. The van der Waals surface area contributed by atoms with Crippen molar-refractivity contribution in [3.8, 4) is 11.4 Å². The summed E-state index contributed by atoms with van der Waals surface area (Å²) in [5, 5.41) is 6.75. The lowest BCUT2D eigenvalue weighted by Crippen LogP contribution is -2.03. The fourth-order valence-electron chi connectivity index (χ4n) is 2.60. The number of aromatic nitrogens is 2. The van der Waals surface area contributed by atoms with E-state index in [-0.39, 0.29) is 0 Å². The van der Waals surface area contributed by atoms with Crippen molar-refractivity contribution < 1.29 is 0 Å². The van der Waals surface area contributed by atoms with Crippen LogP contribution in [0.1, 0.15) is 31.4 Å². The van der Waals surface area contributed by atoms with Gasteiger partial charge in [-0.25, -0.2) is 9.97 Å². The van der Waals surface area contributed by atoms with Gasteiger partial charge in [0.05, 0.1) is 0 Å². The number of rotatable bonds is 4. The molecule has 0 amide bonds. The molecule has 4 rings (SSSR count). The van der Waals surface area contributed by atoms with E-state index in [0.717, 1.165) is 23.8 Å². The number of nitrogens with one attached hydrogen (secondary N) is 1. The largest absolute Gasteiger partial charge is 0.370 e. The van der Waals surface area contributed by atoms with E-state index in [9.17, 15) is 0 Å². The first-order valence-electron chi connectivity index (χ1n) is 7.44. The molecule has 21 heavy (non-hydrogen) atoms. The van der Waals surface area contributed by atoms with E-state index >= 15 is 0 Å². The summed E-state index contributed by atoms with van der Waals surface area (Å²) < 4.78 is 1.29. The first kappa shape index (κ1) is 12.8. The molecule has 2 aromatic heterocycles. The molecular weight excluding hydrogens is 278 g/mol. The number of benzene rings is 1. The van der Waals surface area contributed by atoms with E-state index in [1.54, 1.807) is 11.3 Å². The van der Waals surface area contributed by atoms with Gasteiger partial charge in [0.2, 0.25) is 0 Å². The van der Waals surface area contributed by atoms with Crippen molar-refractivity contribution in [3.63, 3.8) is 0 Å². The Hall–Kier alpha value is -1.94. The van der Waals surface area contributed by atoms with Crippen molar-refractivity contribution in [3.05, 3.63) is 41.4 Å². The van der Waals surface area contributed by atoms with Gasteiger partial charge in [0.1, 0.15) is 5.82 Å². The van der Waals surface area contributed by atoms with Crippen LogP contribution < -0.4 is 5.32 Å². The molecule has 0 spiro atoms. The Kier molecular flexibility index (Phi) is 3.11. The Morgan fingerprint density at radius 2 is 2.10 bits per heavy atom. The van der Waals surface area contributed by atoms with Crippen LogP contribution in [-0.4, -0.2) is 16.5 Å². The van der Waals surface area contributed by atoms with Gasteiger partial charge in [0.25, 0.3) is 0 Å². The summed E-state index contributed by atoms with van der Waals surface area (Å²) in [6, 6.07) is 10.6. The van der Waals surface area contributed by atoms with Gasteiger partial charge in [-0.1, -0.05) is 18.2 Å². The Morgan fingerprint density at radius 3 is 2.90 bits per heavy atom. The lowest BCUT2D eigenvalue weighted by molar-refractivity contribution is 0.990. The summed E-state index contributed by atoms with van der Waals surface area (Å²) >= 11 is 1.76. The maximum Gasteiger partial charge on any atom is 0.163 e. The zero-order chi connectivity index (χ0) is 14.2. The summed E-state index contributed by atoms with van der Waals surface area (Å²) in [6.45, 7) is 2.98. The molecule has 1 saturated carbocycles. The second kappa shape index (κ2) is 5.11. The first-order valence-corrected chi connectivity index (χ1v) is 8.32. The summed E-state index contributed by atoms with van der Waals surface area (Å²) in [7, 11) is 0. The van der Waals surface area contributed by atoms with E-state index in [1.165, 1.54) is 28.6 Å². The average molecular weight is 295 g/mol. The van der Waals surface area contributed by atoms with Crippen molar-refractivity contribution in [1.29, 1.82) is 0 Å². The van der Waals surface area contributed by atoms with Crippen molar-refractivity contribution >= 4 is 27.2 Å². The van der Waals surface area contributed by atoms with Crippen LogP contribution in [0.3, 0.4) is 0 Å². The Bertz CT molecular complexity index is 790. The minimum absolute atomic E-state index is 0.633. The summed E-state index contributed by atoms with van der Waals surface area (Å²) in [5.74, 6) is 2.43. The molecule has 2 heterocycles. The Balaban J connectivity index is 1.86. The topological polar surface area (TPSA) is 37.8 Å². The standard InChI is InChI=1S/C17H17N3S/c1-2-18-16-9-14(11-7-8-11)19-17(20-16)13-10-21-15-6-4-3-5-12(13)15/h3-6,9-11H,2,7-8H2,1H3,(H,18,19,20). The summed E-state index contributed by atoms with van der Waals surface area (Å²) in [6.07, 6.45) is 2.51. The summed E-state index contributed by atoms with van der Waals surface area (Å²) in [4.78, 5) is 9.54. The molecule has 3 nitrogen and oxygen atoms in total. The summed E-state index contributed by atoms with van der Waals surface area (Å²) in [5.41, 5.74) is 2.34. The lowest BCUT2D eigenvalue weighted by Gasteiger charge is -2.08. The second-order valence-corrected chi connectivity index (χ2v) is 6.36. The van der Waals surface area contributed by atoms with Crippen LogP contribution in [0.15, 0.2) is 35.7 Å². The molecule has 0 radical (unpaired) electrons. The van der Waals surface area contributed by atoms with Crippen LogP contribution in [0, 0.1) is 0 Å². The van der Waals surface area contributed by atoms with E-state index in [0.29, 0.717) is 5.92 Å². The second-order valence-electron chi connectivity index (χ2n) is 5.45. The predicted molar refractivity (Wildman–Crippen MR) is 89.0 cm³/mol. The van der Waals surface area contributed by atoms with Gasteiger partial charge in [-0.2, -0.15) is 0 Å². The number of anilines is 1. The minimum atomic E-state index is 0.633. The smallest absolute Gasteiger partial charge is 0.163 e. The molecule has 106 valence electrons. The van der Waals surface area contributed by atoms with Gasteiger partial charge >= 0.3 is 0 Å². The molecule has 4 heteroatoms. The quantitative estimate of drug-likeness (QED) is 0.760. The molecule has 1 aromatic carbocycles. The first-order chi connectivity index (χ1) is 10.3. The van der Waals surface area contributed by atoms with E-state index in [4.69, 9.17) is 9.97 Å². The maximum absolute atomic E-state index is 4.83. The van der Waals surface area contributed by atoms with Gasteiger partial charge < -0.3 is 5.32 Å². The SMILES string of the molecule is CCNc1cc(C2CC2)nc(-c2csc3ccccc23)n1. The van der Waals surface area contributed by atoms with Crippen LogP contribution in [0.2, 0.25) is 0 Å². The normalized spacial score (nSPS) is 14.5. The average Bonchev–Trinajstić information content (AvgIpc) is 3.27. The molecule has 1 aliphatic rings. The van der Waals surface area contributed by atoms with Crippen molar-refractivity contribution in [2.75, 3.05) is 11.9 Å². The molecule has 0 unspecified atom stereocenters. The van der Waals surface area contributed by atoms with Crippen molar-refractivity contribution in [1.82, 2.24) is 9.97 Å². The van der Waals surface area contributed by atoms with Crippen LogP contribution in [0.5, 0.6) is 0 Å². The zero-order valence-corrected chi connectivity index (χ0v) is 12.8. The number of hydrogen-bond donors (Lipinski definition) is 1. The maximum atomic E-state index is 4.83. The highest BCUT2D eigenvalue weighted by molar-refractivity contribution is 7.17. The fourth-order valence-corrected chi connectivity index (χ4v) is 3.54. The van der Waals surface area contributed by atoms with Gasteiger partial charge in [-0.05, 0) is 25.8 Å². The monoisotopic (exact) mass is 295 g/mol. The zero-order valence-electron chi connectivity index (χ0n) is 12.0. The van der Waals surface area contributed by atoms with Gasteiger partial charge in [-0.15, -0.1) is 11.3 Å². The number of fused-ring (bicyclic) bond motifs is 1. The number of thiophene rings is 1. The van der Waals surface area contributed by atoms with E-state index in [2.05, 4.69) is 48.0 Å². The van der Waals surface area contributed by atoms with Crippen LogP contribution in [0.25, 0.3) is 21.5 Å². The van der Waals surface area contributed by atoms with Gasteiger partial charge in [0, 0.05) is 45.3 Å². The number of hydrogen-bond acceptors (Lipinski definition) is 4. The fraction of sp³-hybridized carbons (Fsp3) is 0.294. The minimum Gasteiger partial charge on any atom is -0.370 e.